The molecule has 0 bridgehead atoms. The van der Waals surface area contributed by atoms with Crippen LogP contribution in [0.2, 0.25) is 0 Å². The van der Waals surface area contributed by atoms with E-state index < -0.39 is 0 Å². The van der Waals surface area contributed by atoms with E-state index in [0.717, 1.165) is 32.4 Å². The maximum absolute atomic E-state index is 11.5. The smallest absolute Gasteiger partial charge is 0.323 e. The fourth-order valence-corrected chi connectivity index (χ4v) is 3.81. The van der Waals surface area contributed by atoms with Crippen molar-refractivity contribution in [1.82, 2.24) is 4.90 Å². The highest BCUT2D eigenvalue weighted by molar-refractivity contribution is 8.02. The highest BCUT2D eigenvalue weighted by Gasteiger charge is 2.41. The summed E-state index contributed by atoms with van der Waals surface area (Å²) in [5.74, 6) is -0.0722. The number of thioether (sulfide) groups is 1. The van der Waals surface area contributed by atoms with Crippen molar-refractivity contribution in [3.8, 4) is 0 Å². The molecule has 0 aromatic heterocycles. The number of hydrogen-bond donors (Lipinski definition) is 1. The summed E-state index contributed by atoms with van der Waals surface area (Å²) < 4.78 is 4.93. The number of nitrogens with zero attached hydrogens (tertiary/aromatic N) is 1. The zero-order valence-corrected chi connectivity index (χ0v) is 11.6. The van der Waals surface area contributed by atoms with Gasteiger partial charge in [0.1, 0.15) is 6.04 Å². The van der Waals surface area contributed by atoms with Gasteiger partial charge in [-0.05, 0) is 19.1 Å². The van der Waals surface area contributed by atoms with E-state index in [1.807, 2.05) is 0 Å². The van der Waals surface area contributed by atoms with Gasteiger partial charge >= 0.3 is 5.97 Å². The lowest BCUT2D eigenvalue weighted by atomic mass is 9.94. The average Bonchev–Trinajstić information content (AvgIpc) is 2.75. The van der Waals surface area contributed by atoms with Gasteiger partial charge in [-0.1, -0.05) is 12.2 Å². The molecule has 2 aliphatic rings. The molecular weight excluding hydrogens is 256 g/mol. The first-order valence-corrected chi connectivity index (χ1v) is 7.48. The Morgan fingerprint density at radius 3 is 2.65 bits per heavy atom. The highest BCUT2D eigenvalue weighted by atomic mass is 32.2. The number of piperidine rings is 1. The lowest BCUT2D eigenvalue weighted by Gasteiger charge is -2.41. The zero-order valence-electron chi connectivity index (χ0n) is 9.98. The van der Waals surface area contributed by atoms with Crippen LogP contribution in [0.3, 0.4) is 0 Å². The Balaban J connectivity index is 1.97. The molecular formula is C11H18N2O2S2. The summed E-state index contributed by atoms with van der Waals surface area (Å²) in [6, 6.07) is -0.0406. The number of ether oxygens (including phenoxy) is 1. The van der Waals surface area contributed by atoms with Crippen molar-refractivity contribution >= 4 is 34.9 Å². The standard InChI is InChI=1S/C11H18N2O2S2/c1-17-11(10(12)16)3-5-13(6-4-11)8-2-7-15-9(8)14/h8H,2-7H2,1H3,(H2,12,16). The van der Waals surface area contributed by atoms with Crippen molar-refractivity contribution in [1.29, 1.82) is 0 Å². The molecule has 0 spiro atoms. The normalized spacial score (nSPS) is 29.0. The SMILES string of the molecule is CSC1(C(N)=S)CCN(C2CCOC2=O)CC1. The van der Waals surface area contributed by atoms with Crippen LogP contribution in [0.15, 0.2) is 0 Å². The van der Waals surface area contributed by atoms with Crippen LogP contribution in [0.4, 0.5) is 0 Å². The number of cyclic esters (lactones) is 1. The molecule has 2 aliphatic heterocycles. The molecule has 0 aromatic carbocycles. The number of nitrogens with two attached hydrogens (primary N) is 1. The molecule has 0 saturated carbocycles. The van der Waals surface area contributed by atoms with Crippen LogP contribution in [0.25, 0.3) is 0 Å². The van der Waals surface area contributed by atoms with Gasteiger partial charge in [-0.3, -0.25) is 9.69 Å². The number of rotatable bonds is 3. The first kappa shape index (κ1) is 13.1. The molecule has 4 nitrogen and oxygen atoms in total. The molecule has 2 heterocycles. The second-order valence-corrected chi connectivity index (χ2v) is 6.20. The predicted molar refractivity (Wildman–Crippen MR) is 73.2 cm³/mol. The average molecular weight is 274 g/mol. The van der Waals surface area contributed by atoms with Gasteiger partial charge in [0.15, 0.2) is 0 Å². The topological polar surface area (TPSA) is 55.6 Å². The quantitative estimate of drug-likeness (QED) is 0.606. The number of carbonyl (C=O) groups excluding carboxylic acids is 1. The lowest BCUT2D eigenvalue weighted by molar-refractivity contribution is -0.142. The van der Waals surface area contributed by atoms with Gasteiger partial charge in [-0.2, -0.15) is 11.8 Å². The van der Waals surface area contributed by atoms with E-state index in [2.05, 4.69) is 11.2 Å². The van der Waals surface area contributed by atoms with Crippen LogP contribution in [-0.2, 0) is 9.53 Å². The summed E-state index contributed by atoms with van der Waals surface area (Å²) in [5.41, 5.74) is 5.84. The number of hydrogen-bond acceptors (Lipinski definition) is 5. The van der Waals surface area contributed by atoms with Gasteiger partial charge in [-0.15, -0.1) is 0 Å². The Hall–Kier alpha value is -0.330. The first-order valence-electron chi connectivity index (χ1n) is 5.85. The Labute approximate surface area is 111 Å². The molecule has 1 atom stereocenters. The number of thiocarbonyl (C=S) groups is 1. The summed E-state index contributed by atoms with van der Waals surface area (Å²) >= 11 is 6.91. The van der Waals surface area contributed by atoms with E-state index in [0.29, 0.717) is 11.6 Å². The van der Waals surface area contributed by atoms with Crippen LogP contribution in [0.5, 0.6) is 0 Å². The van der Waals surface area contributed by atoms with Crippen LogP contribution in [0.1, 0.15) is 19.3 Å². The summed E-state index contributed by atoms with van der Waals surface area (Å²) in [5, 5.41) is 0. The Kier molecular flexibility index (Phi) is 3.95. The molecule has 0 amide bonds. The summed E-state index contributed by atoms with van der Waals surface area (Å²) in [4.78, 5) is 14.3. The second-order valence-electron chi connectivity index (χ2n) is 4.57. The third-order valence-electron chi connectivity index (χ3n) is 3.79. The summed E-state index contributed by atoms with van der Waals surface area (Å²) in [6.07, 6.45) is 4.72. The first-order chi connectivity index (χ1) is 8.09. The molecule has 0 radical (unpaired) electrons. The van der Waals surface area contributed by atoms with Crippen LogP contribution in [-0.4, -0.2) is 52.6 Å². The summed E-state index contributed by atoms with van der Waals surface area (Å²) in [7, 11) is 0. The number of esters is 1. The molecule has 1 unspecified atom stereocenters. The largest absolute Gasteiger partial charge is 0.464 e. The van der Waals surface area contributed by atoms with Crippen molar-refractivity contribution in [3.63, 3.8) is 0 Å². The minimum Gasteiger partial charge on any atom is -0.464 e. The fraction of sp³-hybridized carbons (Fsp3) is 0.818. The molecule has 0 aliphatic carbocycles. The van der Waals surface area contributed by atoms with Gasteiger partial charge in [0, 0.05) is 19.5 Å². The second kappa shape index (κ2) is 5.12. The monoisotopic (exact) mass is 274 g/mol. The van der Waals surface area contributed by atoms with Crippen molar-refractivity contribution in [3.05, 3.63) is 0 Å². The molecule has 2 saturated heterocycles. The molecule has 96 valence electrons. The molecule has 2 rings (SSSR count). The van der Waals surface area contributed by atoms with E-state index in [1.54, 1.807) is 11.8 Å². The number of likely N-dealkylation sites (tertiary alicyclic amines) is 1. The van der Waals surface area contributed by atoms with Crippen molar-refractivity contribution in [2.24, 2.45) is 5.73 Å². The van der Waals surface area contributed by atoms with Gasteiger partial charge in [-0.25, -0.2) is 0 Å². The molecule has 2 N–H and O–H groups in total. The van der Waals surface area contributed by atoms with Crippen molar-refractivity contribution in [2.75, 3.05) is 26.0 Å². The van der Waals surface area contributed by atoms with E-state index in [1.165, 1.54) is 0 Å². The van der Waals surface area contributed by atoms with Crippen molar-refractivity contribution in [2.45, 2.75) is 30.1 Å². The van der Waals surface area contributed by atoms with E-state index in [4.69, 9.17) is 22.7 Å². The third-order valence-corrected chi connectivity index (χ3v) is 5.72. The molecule has 2 fully saturated rings. The summed E-state index contributed by atoms with van der Waals surface area (Å²) in [6.45, 7) is 2.30. The zero-order chi connectivity index (χ0) is 12.5. The highest BCUT2D eigenvalue weighted by Crippen LogP contribution is 2.36. The Morgan fingerprint density at radius 1 is 1.59 bits per heavy atom. The number of carbonyl (C=O) groups is 1. The maximum Gasteiger partial charge on any atom is 0.323 e. The third kappa shape index (κ3) is 2.44. The fourth-order valence-electron chi connectivity index (χ4n) is 2.56. The van der Waals surface area contributed by atoms with Crippen molar-refractivity contribution < 1.29 is 9.53 Å². The molecule has 6 heteroatoms. The van der Waals surface area contributed by atoms with E-state index in [9.17, 15) is 4.79 Å². The van der Waals surface area contributed by atoms with Crippen LogP contribution in [0, 0.1) is 0 Å². The van der Waals surface area contributed by atoms with Gasteiger partial charge < -0.3 is 10.5 Å². The molecule has 0 aromatic rings. The maximum atomic E-state index is 11.5. The van der Waals surface area contributed by atoms with E-state index in [-0.39, 0.29) is 16.8 Å². The van der Waals surface area contributed by atoms with Gasteiger partial charge in [0.2, 0.25) is 0 Å². The minimum atomic E-state index is -0.0751. The lowest BCUT2D eigenvalue weighted by Crippen LogP contribution is -2.52. The predicted octanol–water partition coefficient (Wildman–Crippen LogP) is 0.786. The van der Waals surface area contributed by atoms with E-state index >= 15 is 0 Å². The van der Waals surface area contributed by atoms with Gasteiger partial charge in [0.25, 0.3) is 0 Å². The Morgan fingerprint density at radius 2 is 2.24 bits per heavy atom. The minimum absolute atomic E-state index is 0.0406. The van der Waals surface area contributed by atoms with Crippen LogP contribution < -0.4 is 5.73 Å². The van der Waals surface area contributed by atoms with Gasteiger partial charge in [0.05, 0.1) is 16.3 Å². The van der Waals surface area contributed by atoms with Crippen LogP contribution >= 0.6 is 24.0 Å². The Bertz CT molecular complexity index is 327. The molecule has 17 heavy (non-hydrogen) atoms.